The van der Waals surface area contributed by atoms with Crippen LogP contribution in [0.3, 0.4) is 0 Å². The van der Waals surface area contributed by atoms with Crippen molar-refractivity contribution in [2.75, 3.05) is 18.1 Å². The molecule has 0 saturated heterocycles. The van der Waals surface area contributed by atoms with Crippen molar-refractivity contribution in [1.82, 2.24) is 9.97 Å². The summed E-state index contributed by atoms with van der Waals surface area (Å²) in [7, 11) is 1.81. The summed E-state index contributed by atoms with van der Waals surface area (Å²) in [5, 5.41) is 22.7. The molecule has 0 fully saturated rings. The Morgan fingerprint density at radius 3 is 2.68 bits per heavy atom. The highest BCUT2D eigenvalue weighted by molar-refractivity contribution is 5.77. The highest BCUT2D eigenvalue weighted by Crippen LogP contribution is 2.32. The van der Waals surface area contributed by atoms with Gasteiger partial charge in [-0.1, -0.05) is 23.8 Å². The van der Waals surface area contributed by atoms with Gasteiger partial charge >= 0.3 is 0 Å². The van der Waals surface area contributed by atoms with E-state index in [1.807, 2.05) is 38.2 Å². The zero-order valence-electron chi connectivity index (χ0n) is 13.9. The van der Waals surface area contributed by atoms with Crippen molar-refractivity contribution in [2.45, 2.75) is 6.92 Å². The lowest BCUT2D eigenvalue weighted by molar-refractivity contribution is 0.477. The molecule has 3 rings (SSSR count). The SMILES string of the molecule is CNc1cccc(-c2nc(-c3cc(C)ccc3O)nc(N)c2C#N)c1. The van der Waals surface area contributed by atoms with Gasteiger partial charge in [0.25, 0.3) is 0 Å². The predicted molar refractivity (Wildman–Crippen MR) is 98.0 cm³/mol. The normalized spacial score (nSPS) is 10.3. The van der Waals surface area contributed by atoms with Crippen LogP contribution < -0.4 is 11.1 Å². The number of phenols is 1. The molecule has 124 valence electrons. The first kappa shape index (κ1) is 16.3. The number of aromatic hydroxyl groups is 1. The Labute approximate surface area is 145 Å². The Balaban J connectivity index is 2.26. The molecular formula is C19H17N5O. The summed E-state index contributed by atoms with van der Waals surface area (Å²) in [6, 6.07) is 14.7. The molecule has 0 aliphatic heterocycles. The number of nitrogens with zero attached hydrogens (tertiary/aromatic N) is 3. The Morgan fingerprint density at radius 1 is 1.16 bits per heavy atom. The molecule has 0 unspecified atom stereocenters. The first-order chi connectivity index (χ1) is 12.0. The summed E-state index contributed by atoms with van der Waals surface area (Å²) in [6.45, 7) is 1.91. The van der Waals surface area contributed by atoms with Gasteiger partial charge in [-0.2, -0.15) is 5.26 Å². The van der Waals surface area contributed by atoms with Gasteiger partial charge in [0.2, 0.25) is 0 Å². The van der Waals surface area contributed by atoms with Crippen molar-refractivity contribution < 1.29 is 5.11 Å². The van der Waals surface area contributed by atoms with Gasteiger partial charge in [0.1, 0.15) is 23.2 Å². The molecule has 0 bridgehead atoms. The second-order valence-electron chi connectivity index (χ2n) is 5.62. The average Bonchev–Trinajstić information content (AvgIpc) is 2.63. The standard InChI is InChI=1S/C19H17N5O/c1-11-6-7-16(25)14(8-11)19-23-17(15(10-20)18(21)24-19)12-4-3-5-13(9-12)22-2/h3-9,22,25H,1-2H3,(H2,21,23,24). The van der Waals surface area contributed by atoms with Crippen molar-refractivity contribution in [2.24, 2.45) is 0 Å². The summed E-state index contributed by atoms with van der Waals surface area (Å²) in [5.41, 5.74) is 9.70. The van der Waals surface area contributed by atoms with E-state index < -0.39 is 0 Å². The minimum absolute atomic E-state index is 0.0598. The van der Waals surface area contributed by atoms with Gasteiger partial charge in [-0.15, -0.1) is 0 Å². The quantitative estimate of drug-likeness (QED) is 0.679. The third kappa shape index (κ3) is 3.08. The molecule has 1 aromatic heterocycles. The molecule has 4 N–H and O–H groups in total. The Hall–Kier alpha value is -3.59. The first-order valence-electron chi connectivity index (χ1n) is 7.69. The molecule has 6 heteroatoms. The Morgan fingerprint density at radius 2 is 1.96 bits per heavy atom. The fraction of sp³-hybridized carbons (Fsp3) is 0.105. The molecule has 0 aliphatic rings. The topological polar surface area (TPSA) is 108 Å². The fourth-order valence-corrected chi connectivity index (χ4v) is 2.57. The largest absolute Gasteiger partial charge is 0.507 e. The Bertz CT molecular complexity index is 992. The minimum Gasteiger partial charge on any atom is -0.507 e. The Kier molecular flexibility index (Phi) is 4.23. The molecular weight excluding hydrogens is 314 g/mol. The van der Waals surface area contributed by atoms with Gasteiger partial charge < -0.3 is 16.2 Å². The minimum atomic E-state index is 0.0598. The van der Waals surface area contributed by atoms with E-state index in [1.165, 1.54) is 0 Å². The lowest BCUT2D eigenvalue weighted by Gasteiger charge is -2.11. The average molecular weight is 331 g/mol. The van der Waals surface area contributed by atoms with Crippen molar-refractivity contribution >= 4 is 11.5 Å². The van der Waals surface area contributed by atoms with E-state index in [0.717, 1.165) is 16.8 Å². The number of anilines is 2. The lowest BCUT2D eigenvalue weighted by atomic mass is 10.0. The molecule has 0 atom stereocenters. The van der Waals surface area contributed by atoms with Crippen molar-refractivity contribution in [3.8, 4) is 34.5 Å². The number of phenolic OH excluding ortho intramolecular Hbond substituents is 1. The zero-order chi connectivity index (χ0) is 18.0. The summed E-state index contributed by atoms with van der Waals surface area (Å²) >= 11 is 0. The van der Waals surface area contributed by atoms with Gasteiger partial charge in [0.15, 0.2) is 5.82 Å². The van der Waals surface area contributed by atoms with Crippen LogP contribution in [0.5, 0.6) is 5.75 Å². The molecule has 0 saturated carbocycles. The molecule has 25 heavy (non-hydrogen) atoms. The highest BCUT2D eigenvalue weighted by atomic mass is 16.3. The molecule has 0 spiro atoms. The number of aromatic nitrogens is 2. The summed E-state index contributed by atoms with van der Waals surface area (Å²) in [6.07, 6.45) is 0. The summed E-state index contributed by atoms with van der Waals surface area (Å²) in [5.74, 6) is 0.422. The number of nitrogens with one attached hydrogen (secondary N) is 1. The van der Waals surface area contributed by atoms with Crippen LogP contribution >= 0.6 is 0 Å². The van der Waals surface area contributed by atoms with Gasteiger partial charge in [-0.05, 0) is 31.2 Å². The van der Waals surface area contributed by atoms with E-state index >= 15 is 0 Å². The van der Waals surface area contributed by atoms with Gasteiger partial charge in [-0.3, -0.25) is 0 Å². The number of aryl methyl sites for hydroxylation is 1. The molecule has 3 aromatic rings. The molecule has 6 nitrogen and oxygen atoms in total. The molecule has 0 radical (unpaired) electrons. The number of benzene rings is 2. The van der Waals surface area contributed by atoms with Crippen LogP contribution in [0.1, 0.15) is 11.1 Å². The highest BCUT2D eigenvalue weighted by Gasteiger charge is 2.17. The lowest BCUT2D eigenvalue weighted by Crippen LogP contribution is -2.03. The van der Waals surface area contributed by atoms with Crippen LogP contribution in [0, 0.1) is 18.3 Å². The number of nitriles is 1. The van der Waals surface area contributed by atoms with E-state index in [9.17, 15) is 10.4 Å². The van der Waals surface area contributed by atoms with Crippen molar-refractivity contribution in [1.29, 1.82) is 5.26 Å². The van der Waals surface area contributed by atoms with Gasteiger partial charge in [0, 0.05) is 18.3 Å². The van der Waals surface area contributed by atoms with Gasteiger partial charge in [-0.25, -0.2) is 9.97 Å². The van der Waals surface area contributed by atoms with Crippen LogP contribution in [0.15, 0.2) is 42.5 Å². The molecule has 1 heterocycles. The smallest absolute Gasteiger partial charge is 0.165 e. The summed E-state index contributed by atoms with van der Waals surface area (Å²) in [4.78, 5) is 8.73. The van der Waals surface area contributed by atoms with Crippen molar-refractivity contribution in [3.63, 3.8) is 0 Å². The van der Waals surface area contributed by atoms with Crippen LogP contribution in [-0.2, 0) is 0 Å². The van der Waals surface area contributed by atoms with E-state index in [1.54, 1.807) is 18.2 Å². The number of nitrogens with two attached hydrogens (primary N) is 1. The fourth-order valence-electron chi connectivity index (χ4n) is 2.57. The molecule has 2 aromatic carbocycles. The van der Waals surface area contributed by atoms with Crippen LogP contribution in [0.2, 0.25) is 0 Å². The monoisotopic (exact) mass is 331 g/mol. The van der Waals surface area contributed by atoms with Crippen LogP contribution in [0.25, 0.3) is 22.6 Å². The van der Waals surface area contributed by atoms with Crippen molar-refractivity contribution in [3.05, 3.63) is 53.6 Å². The maximum atomic E-state index is 10.2. The number of hydrogen-bond acceptors (Lipinski definition) is 6. The van der Waals surface area contributed by atoms with E-state index in [-0.39, 0.29) is 23.0 Å². The predicted octanol–water partition coefficient (Wildman–Crippen LogP) is 3.32. The van der Waals surface area contributed by atoms with E-state index in [4.69, 9.17) is 5.73 Å². The molecule has 0 amide bonds. The maximum Gasteiger partial charge on any atom is 0.165 e. The number of rotatable bonds is 3. The maximum absolute atomic E-state index is 10.2. The zero-order valence-corrected chi connectivity index (χ0v) is 13.9. The third-order valence-electron chi connectivity index (χ3n) is 3.87. The molecule has 0 aliphatic carbocycles. The first-order valence-corrected chi connectivity index (χ1v) is 7.69. The number of hydrogen-bond donors (Lipinski definition) is 3. The second kappa shape index (κ2) is 6.49. The van der Waals surface area contributed by atoms with E-state index in [0.29, 0.717) is 11.3 Å². The van der Waals surface area contributed by atoms with Gasteiger partial charge in [0.05, 0.1) is 11.3 Å². The summed E-state index contributed by atoms with van der Waals surface area (Å²) < 4.78 is 0. The van der Waals surface area contributed by atoms with Crippen LogP contribution in [-0.4, -0.2) is 22.1 Å². The van der Waals surface area contributed by atoms with E-state index in [2.05, 4.69) is 21.4 Å². The third-order valence-corrected chi connectivity index (χ3v) is 3.87. The second-order valence-corrected chi connectivity index (χ2v) is 5.62. The van der Waals surface area contributed by atoms with Crippen LogP contribution in [0.4, 0.5) is 11.5 Å². The number of nitrogen functional groups attached to an aromatic ring is 1.